The van der Waals surface area contributed by atoms with Crippen molar-refractivity contribution in [2.24, 2.45) is 0 Å². The van der Waals surface area contributed by atoms with Gasteiger partial charge in [-0.05, 0) is 24.6 Å². The fourth-order valence-electron chi connectivity index (χ4n) is 2.11. The Hall–Kier alpha value is -1.21. The maximum absolute atomic E-state index is 13.6. The molecule has 1 aliphatic rings. The second kappa shape index (κ2) is 6.49. The Labute approximate surface area is 120 Å². The first-order chi connectivity index (χ1) is 9.52. The molecule has 0 saturated carbocycles. The minimum absolute atomic E-state index is 0.184. The molecule has 110 valence electrons. The lowest BCUT2D eigenvalue weighted by Crippen LogP contribution is -2.54. The molecule has 0 spiro atoms. The third-order valence-corrected chi connectivity index (χ3v) is 3.46. The summed E-state index contributed by atoms with van der Waals surface area (Å²) in [5.74, 6) is -1.35. The summed E-state index contributed by atoms with van der Waals surface area (Å²) in [6, 6.07) is 3.07. The van der Waals surface area contributed by atoms with Crippen LogP contribution >= 0.6 is 11.6 Å². The Bertz CT molecular complexity index is 499. The first-order valence-electron chi connectivity index (χ1n) is 6.19. The molecule has 0 bridgehead atoms. The van der Waals surface area contributed by atoms with Crippen molar-refractivity contribution in [3.63, 3.8) is 0 Å². The van der Waals surface area contributed by atoms with Crippen LogP contribution in [0.4, 0.5) is 4.39 Å². The Kier molecular flexibility index (Phi) is 4.93. The van der Waals surface area contributed by atoms with E-state index in [9.17, 15) is 14.3 Å². The van der Waals surface area contributed by atoms with Crippen molar-refractivity contribution in [2.45, 2.75) is 24.7 Å². The summed E-state index contributed by atoms with van der Waals surface area (Å²) in [5.41, 5.74) is -0.184. The van der Waals surface area contributed by atoms with Crippen LogP contribution in [0, 0.1) is 5.82 Å². The summed E-state index contributed by atoms with van der Waals surface area (Å²) >= 11 is 5.73. The van der Waals surface area contributed by atoms with E-state index < -0.39 is 30.0 Å². The molecular weight excluding hydrogens is 289 g/mol. The van der Waals surface area contributed by atoms with Crippen LogP contribution in [0.25, 0.3) is 0 Å². The minimum Gasteiger partial charge on any atom is -0.394 e. The SMILES string of the molecule is O=C(N[C@H]1CCO[C@H](CO)[C@H]1O)c1cc(Cl)ccc1F. The molecule has 2 rings (SSSR count). The predicted molar refractivity (Wildman–Crippen MR) is 70.1 cm³/mol. The molecule has 20 heavy (non-hydrogen) atoms. The maximum Gasteiger partial charge on any atom is 0.254 e. The van der Waals surface area contributed by atoms with E-state index in [0.717, 1.165) is 6.07 Å². The average molecular weight is 304 g/mol. The lowest BCUT2D eigenvalue weighted by molar-refractivity contribution is -0.107. The van der Waals surface area contributed by atoms with Gasteiger partial charge < -0.3 is 20.3 Å². The first-order valence-corrected chi connectivity index (χ1v) is 6.57. The van der Waals surface area contributed by atoms with E-state index in [1.165, 1.54) is 12.1 Å². The fraction of sp³-hybridized carbons (Fsp3) is 0.462. The Morgan fingerprint density at radius 1 is 1.55 bits per heavy atom. The van der Waals surface area contributed by atoms with Gasteiger partial charge in [-0.25, -0.2) is 4.39 Å². The number of nitrogens with one attached hydrogen (secondary N) is 1. The largest absolute Gasteiger partial charge is 0.394 e. The van der Waals surface area contributed by atoms with Gasteiger partial charge in [0.1, 0.15) is 18.0 Å². The number of halogens is 2. The zero-order chi connectivity index (χ0) is 14.7. The van der Waals surface area contributed by atoms with Crippen LogP contribution in [0.1, 0.15) is 16.8 Å². The molecule has 1 saturated heterocycles. The zero-order valence-electron chi connectivity index (χ0n) is 10.6. The number of amides is 1. The molecule has 1 aromatic rings. The standard InChI is InChI=1S/C13H15ClFNO4/c14-7-1-2-9(15)8(5-7)13(19)16-10-3-4-20-11(6-17)12(10)18/h1-2,5,10-12,17-18H,3-4,6H2,(H,16,19)/t10-,11+,12-/m0/s1. The van der Waals surface area contributed by atoms with Gasteiger partial charge in [0.05, 0.1) is 18.2 Å². The molecule has 1 aromatic carbocycles. The van der Waals surface area contributed by atoms with E-state index >= 15 is 0 Å². The van der Waals surface area contributed by atoms with Crippen LogP contribution in [0.15, 0.2) is 18.2 Å². The third kappa shape index (κ3) is 3.27. The maximum atomic E-state index is 13.6. The number of hydrogen-bond acceptors (Lipinski definition) is 4. The molecule has 3 N–H and O–H groups in total. The molecule has 0 radical (unpaired) electrons. The van der Waals surface area contributed by atoms with Crippen molar-refractivity contribution in [3.8, 4) is 0 Å². The van der Waals surface area contributed by atoms with Crippen molar-refractivity contribution in [1.82, 2.24) is 5.32 Å². The summed E-state index contributed by atoms with van der Waals surface area (Å²) in [7, 11) is 0. The van der Waals surface area contributed by atoms with Crippen LogP contribution in [-0.4, -0.2) is 47.6 Å². The zero-order valence-corrected chi connectivity index (χ0v) is 11.3. The number of aliphatic hydroxyl groups excluding tert-OH is 2. The van der Waals surface area contributed by atoms with E-state index in [0.29, 0.717) is 13.0 Å². The molecule has 1 aliphatic heterocycles. The van der Waals surface area contributed by atoms with Gasteiger partial charge in [-0.1, -0.05) is 11.6 Å². The van der Waals surface area contributed by atoms with Gasteiger partial charge in [-0.3, -0.25) is 4.79 Å². The Balaban J connectivity index is 2.09. The van der Waals surface area contributed by atoms with Crippen LogP contribution in [0.3, 0.4) is 0 Å². The molecule has 0 aromatic heterocycles. The second-order valence-electron chi connectivity index (χ2n) is 4.58. The Morgan fingerprint density at radius 3 is 3.00 bits per heavy atom. The van der Waals surface area contributed by atoms with Crippen molar-refractivity contribution < 1.29 is 24.1 Å². The predicted octanol–water partition coefficient (Wildman–Crippen LogP) is 0.720. The molecule has 0 aliphatic carbocycles. The number of rotatable bonds is 3. The number of carbonyl (C=O) groups is 1. The van der Waals surface area contributed by atoms with E-state index in [1.54, 1.807) is 0 Å². The van der Waals surface area contributed by atoms with Gasteiger partial charge in [-0.2, -0.15) is 0 Å². The number of ether oxygens (including phenoxy) is 1. The van der Waals surface area contributed by atoms with Crippen molar-refractivity contribution in [1.29, 1.82) is 0 Å². The number of hydrogen-bond donors (Lipinski definition) is 3. The molecule has 5 nitrogen and oxygen atoms in total. The lowest BCUT2D eigenvalue weighted by atomic mass is 9.99. The quantitative estimate of drug-likeness (QED) is 0.769. The summed E-state index contributed by atoms with van der Waals surface area (Å²) in [4.78, 5) is 12.0. The summed E-state index contributed by atoms with van der Waals surface area (Å²) in [6.45, 7) is -0.0513. The van der Waals surface area contributed by atoms with Crippen LogP contribution < -0.4 is 5.32 Å². The number of benzene rings is 1. The van der Waals surface area contributed by atoms with Gasteiger partial charge in [0.15, 0.2) is 0 Å². The van der Waals surface area contributed by atoms with Crippen molar-refractivity contribution in [3.05, 3.63) is 34.6 Å². The van der Waals surface area contributed by atoms with Crippen LogP contribution in [0.2, 0.25) is 5.02 Å². The van der Waals surface area contributed by atoms with Crippen molar-refractivity contribution >= 4 is 17.5 Å². The number of aliphatic hydroxyl groups is 2. The van der Waals surface area contributed by atoms with Gasteiger partial charge >= 0.3 is 0 Å². The second-order valence-corrected chi connectivity index (χ2v) is 5.01. The van der Waals surface area contributed by atoms with E-state index in [4.69, 9.17) is 21.4 Å². The Morgan fingerprint density at radius 2 is 2.30 bits per heavy atom. The van der Waals surface area contributed by atoms with E-state index in [1.807, 2.05) is 0 Å². The number of carbonyl (C=O) groups excluding carboxylic acids is 1. The molecule has 1 fully saturated rings. The monoisotopic (exact) mass is 303 g/mol. The molecule has 1 amide bonds. The first kappa shape index (κ1) is 15.2. The highest BCUT2D eigenvalue weighted by Gasteiger charge is 2.33. The van der Waals surface area contributed by atoms with Gasteiger partial charge in [-0.15, -0.1) is 0 Å². The molecule has 7 heteroatoms. The van der Waals surface area contributed by atoms with Crippen LogP contribution in [0.5, 0.6) is 0 Å². The van der Waals surface area contributed by atoms with Crippen molar-refractivity contribution in [2.75, 3.05) is 13.2 Å². The molecule has 3 atom stereocenters. The smallest absolute Gasteiger partial charge is 0.254 e. The summed E-state index contributed by atoms with van der Waals surface area (Å²) < 4.78 is 18.7. The summed E-state index contributed by atoms with van der Waals surface area (Å²) in [6.07, 6.45) is -1.41. The van der Waals surface area contributed by atoms with Gasteiger partial charge in [0.25, 0.3) is 5.91 Å². The highest BCUT2D eigenvalue weighted by atomic mass is 35.5. The van der Waals surface area contributed by atoms with Crippen LogP contribution in [-0.2, 0) is 4.74 Å². The third-order valence-electron chi connectivity index (χ3n) is 3.22. The van der Waals surface area contributed by atoms with Gasteiger partial charge in [0, 0.05) is 11.6 Å². The highest BCUT2D eigenvalue weighted by molar-refractivity contribution is 6.31. The summed E-state index contributed by atoms with van der Waals surface area (Å²) in [5, 5.41) is 21.8. The molecule has 1 heterocycles. The normalized spacial score (nSPS) is 26.3. The highest BCUT2D eigenvalue weighted by Crippen LogP contribution is 2.18. The minimum atomic E-state index is -1.04. The van der Waals surface area contributed by atoms with E-state index in [-0.39, 0.29) is 17.2 Å². The van der Waals surface area contributed by atoms with E-state index in [2.05, 4.69) is 5.32 Å². The topological polar surface area (TPSA) is 78.8 Å². The molecular formula is C13H15ClFNO4. The fourth-order valence-corrected chi connectivity index (χ4v) is 2.28. The average Bonchev–Trinajstić information content (AvgIpc) is 2.43. The van der Waals surface area contributed by atoms with Gasteiger partial charge in [0.2, 0.25) is 0 Å². The lowest BCUT2D eigenvalue weighted by Gasteiger charge is -2.34. The molecule has 0 unspecified atom stereocenters.